The molecule has 90 valence electrons. The van der Waals surface area contributed by atoms with Crippen molar-refractivity contribution in [3.05, 3.63) is 46.4 Å². The lowest BCUT2D eigenvalue weighted by atomic mass is 10.1. The molecule has 0 fully saturated rings. The summed E-state index contributed by atoms with van der Waals surface area (Å²) in [5.41, 5.74) is 7.13. The van der Waals surface area contributed by atoms with Crippen LogP contribution in [0.2, 0.25) is 5.02 Å². The first-order valence-electron chi connectivity index (χ1n) is 5.24. The van der Waals surface area contributed by atoms with Crippen LogP contribution >= 0.6 is 34.7 Å². The number of benzene rings is 1. The van der Waals surface area contributed by atoms with Crippen molar-refractivity contribution in [1.82, 2.24) is 4.98 Å². The summed E-state index contributed by atoms with van der Waals surface area (Å²) >= 11 is 9.51. The molecular weight excluding hydrogens is 272 g/mol. The summed E-state index contributed by atoms with van der Waals surface area (Å²) in [6.07, 6.45) is 1.80. The first-order chi connectivity index (χ1) is 8.18. The van der Waals surface area contributed by atoms with E-state index in [0.717, 1.165) is 14.9 Å². The van der Waals surface area contributed by atoms with Gasteiger partial charge in [-0.25, -0.2) is 4.98 Å². The molecule has 2 unspecified atom stereocenters. The third-order valence-corrected chi connectivity index (χ3v) is 5.06. The van der Waals surface area contributed by atoms with Crippen LogP contribution < -0.4 is 5.73 Å². The Morgan fingerprint density at radius 3 is 2.76 bits per heavy atom. The van der Waals surface area contributed by atoms with E-state index in [1.54, 1.807) is 29.3 Å². The zero-order valence-electron chi connectivity index (χ0n) is 9.34. The predicted octanol–water partition coefficient (Wildman–Crippen LogP) is 3.98. The van der Waals surface area contributed by atoms with Gasteiger partial charge in [-0.15, -0.1) is 11.3 Å². The Morgan fingerprint density at radius 2 is 2.18 bits per heavy atom. The maximum atomic E-state index is 6.22. The Kier molecular flexibility index (Phi) is 4.45. The summed E-state index contributed by atoms with van der Waals surface area (Å²) in [5.74, 6) is 0. The fourth-order valence-corrected chi connectivity index (χ4v) is 3.80. The summed E-state index contributed by atoms with van der Waals surface area (Å²) < 4.78 is 1.02. The van der Waals surface area contributed by atoms with E-state index in [9.17, 15) is 0 Å². The molecule has 5 heteroatoms. The Bertz CT molecular complexity index is 471. The van der Waals surface area contributed by atoms with Gasteiger partial charge in [-0.05, 0) is 18.6 Å². The van der Waals surface area contributed by atoms with Crippen LogP contribution in [0.4, 0.5) is 0 Å². The molecule has 0 radical (unpaired) electrons. The van der Waals surface area contributed by atoms with Crippen LogP contribution in [0.5, 0.6) is 0 Å². The maximum Gasteiger partial charge on any atom is 0.150 e. The smallest absolute Gasteiger partial charge is 0.150 e. The van der Waals surface area contributed by atoms with E-state index in [1.807, 2.05) is 36.6 Å². The second-order valence-electron chi connectivity index (χ2n) is 3.72. The lowest BCUT2D eigenvalue weighted by Crippen LogP contribution is -2.22. The van der Waals surface area contributed by atoms with Gasteiger partial charge in [-0.3, -0.25) is 0 Å². The highest BCUT2D eigenvalue weighted by molar-refractivity contribution is 8.01. The second-order valence-corrected chi connectivity index (χ2v) is 6.41. The zero-order valence-corrected chi connectivity index (χ0v) is 11.7. The average Bonchev–Trinajstić information content (AvgIpc) is 2.79. The summed E-state index contributed by atoms with van der Waals surface area (Å²) in [7, 11) is 0. The van der Waals surface area contributed by atoms with E-state index in [0.29, 0.717) is 0 Å². The van der Waals surface area contributed by atoms with Crippen LogP contribution in [0.15, 0.2) is 40.2 Å². The maximum absolute atomic E-state index is 6.22. The molecule has 17 heavy (non-hydrogen) atoms. The molecule has 1 aromatic carbocycles. The molecule has 0 bridgehead atoms. The highest BCUT2D eigenvalue weighted by Gasteiger charge is 2.21. The molecule has 0 saturated carbocycles. The van der Waals surface area contributed by atoms with Gasteiger partial charge in [0.05, 0.1) is 5.25 Å². The number of halogens is 1. The number of aromatic nitrogens is 1. The number of nitrogens with zero attached hydrogens (tertiary/aromatic N) is 1. The van der Waals surface area contributed by atoms with Crippen LogP contribution in [0.1, 0.15) is 17.7 Å². The van der Waals surface area contributed by atoms with E-state index in [-0.39, 0.29) is 11.3 Å². The van der Waals surface area contributed by atoms with Crippen molar-refractivity contribution in [1.29, 1.82) is 0 Å². The lowest BCUT2D eigenvalue weighted by molar-refractivity contribution is 0.721. The number of rotatable bonds is 4. The van der Waals surface area contributed by atoms with Gasteiger partial charge in [0, 0.05) is 22.6 Å². The number of nitrogens with two attached hydrogens (primary N) is 1. The predicted molar refractivity (Wildman–Crippen MR) is 75.8 cm³/mol. The van der Waals surface area contributed by atoms with E-state index in [4.69, 9.17) is 17.3 Å². The SMILES string of the molecule is CC(N)C(Sc1nccs1)c1ccccc1Cl. The molecule has 0 spiro atoms. The van der Waals surface area contributed by atoms with Gasteiger partial charge >= 0.3 is 0 Å². The fourth-order valence-electron chi connectivity index (χ4n) is 1.54. The van der Waals surface area contributed by atoms with Gasteiger partial charge in [0.1, 0.15) is 4.34 Å². The van der Waals surface area contributed by atoms with Crippen molar-refractivity contribution in [2.24, 2.45) is 5.73 Å². The van der Waals surface area contributed by atoms with Gasteiger partial charge in [0.15, 0.2) is 0 Å². The topological polar surface area (TPSA) is 38.9 Å². The largest absolute Gasteiger partial charge is 0.327 e. The van der Waals surface area contributed by atoms with E-state index >= 15 is 0 Å². The van der Waals surface area contributed by atoms with Crippen LogP contribution in [-0.2, 0) is 0 Å². The third kappa shape index (κ3) is 3.22. The van der Waals surface area contributed by atoms with Gasteiger partial charge in [-0.2, -0.15) is 0 Å². The first-order valence-corrected chi connectivity index (χ1v) is 7.38. The molecule has 2 rings (SSSR count). The lowest BCUT2D eigenvalue weighted by Gasteiger charge is -2.20. The minimum Gasteiger partial charge on any atom is -0.327 e. The molecule has 2 nitrogen and oxygen atoms in total. The quantitative estimate of drug-likeness (QED) is 0.863. The summed E-state index contributed by atoms with van der Waals surface area (Å²) in [4.78, 5) is 4.28. The molecule has 2 atom stereocenters. The fraction of sp³-hybridized carbons (Fsp3) is 0.250. The van der Waals surface area contributed by atoms with Crippen LogP contribution in [0.3, 0.4) is 0 Å². The molecule has 2 N–H and O–H groups in total. The van der Waals surface area contributed by atoms with Crippen LogP contribution in [0, 0.1) is 0 Å². The Hall–Kier alpha value is -0.550. The normalized spacial score (nSPS) is 14.5. The van der Waals surface area contributed by atoms with Crippen molar-refractivity contribution in [2.75, 3.05) is 0 Å². The van der Waals surface area contributed by atoms with E-state index < -0.39 is 0 Å². The monoisotopic (exact) mass is 284 g/mol. The standard InChI is InChI=1S/C12H13ClN2S2/c1-8(14)11(17-12-15-6-7-16-12)9-4-2-3-5-10(9)13/h2-8,11H,14H2,1H3. The molecule has 0 aliphatic carbocycles. The summed E-state index contributed by atoms with van der Waals surface area (Å²) in [5, 5.41) is 2.86. The zero-order chi connectivity index (χ0) is 12.3. The van der Waals surface area contributed by atoms with Crippen molar-refractivity contribution in [3.8, 4) is 0 Å². The molecule has 0 aliphatic rings. The molecule has 0 aliphatic heterocycles. The van der Waals surface area contributed by atoms with E-state index in [2.05, 4.69) is 4.98 Å². The Morgan fingerprint density at radius 1 is 1.41 bits per heavy atom. The summed E-state index contributed by atoms with van der Waals surface area (Å²) in [6.45, 7) is 1.99. The van der Waals surface area contributed by atoms with Crippen molar-refractivity contribution < 1.29 is 0 Å². The summed E-state index contributed by atoms with van der Waals surface area (Å²) in [6, 6.07) is 7.85. The van der Waals surface area contributed by atoms with Gasteiger partial charge in [0.25, 0.3) is 0 Å². The highest BCUT2D eigenvalue weighted by Crippen LogP contribution is 2.40. The Balaban J connectivity index is 2.27. The molecule has 1 aromatic heterocycles. The van der Waals surface area contributed by atoms with Crippen LogP contribution in [0.25, 0.3) is 0 Å². The molecule has 1 heterocycles. The van der Waals surface area contributed by atoms with Crippen molar-refractivity contribution in [3.63, 3.8) is 0 Å². The molecule has 2 aromatic rings. The first kappa shape index (κ1) is 12.9. The molecule has 0 amide bonds. The number of thioether (sulfide) groups is 1. The highest BCUT2D eigenvalue weighted by atomic mass is 35.5. The Labute approximate surface area is 114 Å². The van der Waals surface area contributed by atoms with Crippen LogP contribution in [-0.4, -0.2) is 11.0 Å². The molecular formula is C12H13ClN2S2. The minimum atomic E-state index is 0.0174. The average molecular weight is 285 g/mol. The number of thiazole rings is 1. The van der Waals surface area contributed by atoms with Gasteiger partial charge < -0.3 is 5.73 Å². The van der Waals surface area contributed by atoms with Gasteiger partial charge in [0.2, 0.25) is 0 Å². The number of hydrogen-bond donors (Lipinski definition) is 1. The van der Waals surface area contributed by atoms with E-state index in [1.165, 1.54) is 0 Å². The van der Waals surface area contributed by atoms with Crippen molar-refractivity contribution >= 4 is 34.7 Å². The number of hydrogen-bond acceptors (Lipinski definition) is 4. The molecule has 0 saturated heterocycles. The third-order valence-electron chi connectivity index (χ3n) is 2.33. The van der Waals surface area contributed by atoms with Crippen molar-refractivity contribution in [2.45, 2.75) is 22.6 Å². The van der Waals surface area contributed by atoms with Gasteiger partial charge in [-0.1, -0.05) is 41.6 Å². The minimum absolute atomic E-state index is 0.0174. The second kappa shape index (κ2) is 5.87.